The van der Waals surface area contributed by atoms with Crippen molar-refractivity contribution in [3.8, 4) is 22.3 Å². The maximum absolute atomic E-state index is 6.66. The van der Waals surface area contributed by atoms with E-state index in [-0.39, 0.29) is 33.8 Å². The Morgan fingerprint density at radius 2 is 0.867 bits per heavy atom. The molecule has 2 aliphatic heterocycles. The first-order valence-electron chi connectivity index (χ1n) is 27.1. The fourth-order valence-electron chi connectivity index (χ4n) is 11.8. The highest BCUT2D eigenvalue weighted by molar-refractivity contribution is 7.34. The average molecular weight is 999 g/mol. The Morgan fingerprint density at radius 1 is 0.387 bits per heavy atom. The molecule has 12 rings (SSSR count). The van der Waals surface area contributed by atoms with Crippen LogP contribution in [-0.4, -0.2) is 6.71 Å². The number of fused-ring (bicyclic) bond motifs is 10. The van der Waals surface area contributed by atoms with E-state index in [1.54, 1.807) is 0 Å². The van der Waals surface area contributed by atoms with Crippen molar-refractivity contribution in [2.24, 2.45) is 0 Å². The van der Waals surface area contributed by atoms with Crippen LogP contribution in [0.25, 0.3) is 54.3 Å². The molecule has 0 saturated carbocycles. The van der Waals surface area contributed by atoms with E-state index < -0.39 is 0 Å². The summed E-state index contributed by atoms with van der Waals surface area (Å²) >= 11 is 1.96. The van der Waals surface area contributed by atoms with E-state index in [1.807, 2.05) is 11.3 Å². The van der Waals surface area contributed by atoms with Crippen molar-refractivity contribution < 1.29 is 4.42 Å². The van der Waals surface area contributed by atoms with Crippen molar-refractivity contribution >= 4 is 99.9 Å². The summed E-state index contributed by atoms with van der Waals surface area (Å²) in [6.45, 7) is 34.8. The van der Waals surface area contributed by atoms with Crippen LogP contribution in [0.5, 0.6) is 0 Å². The third-order valence-corrected chi connectivity index (χ3v) is 17.6. The number of benzene rings is 8. The second kappa shape index (κ2) is 16.8. The molecule has 0 atom stereocenters. The molecule has 2 aliphatic rings. The summed E-state index contributed by atoms with van der Waals surface area (Å²) in [5.74, 6) is 0. The third-order valence-electron chi connectivity index (χ3n) is 16.3. The maximum atomic E-state index is 6.66. The Hall–Kier alpha value is -6.82. The molecule has 10 aromatic rings. The number of nitrogens with zero attached hydrogens (tertiary/aromatic N) is 2. The fourth-order valence-corrected chi connectivity index (χ4v) is 13.3. The first-order valence-corrected chi connectivity index (χ1v) is 27.9. The number of rotatable bonds is 4. The highest BCUT2D eigenvalue weighted by Gasteiger charge is 2.46. The summed E-state index contributed by atoms with van der Waals surface area (Å²) in [5, 5.41) is 3.59. The summed E-state index contributed by atoms with van der Waals surface area (Å²) in [5.41, 5.74) is 23.1. The third kappa shape index (κ3) is 8.06. The molecule has 0 spiro atoms. The van der Waals surface area contributed by atoms with Gasteiger partial charge in [-0.15, -0.1) is 11.3 Å². The molecule has 376 valence electrons. The van der Waals surface area contributed by atoms with Crippen molar-refractivity contribution in [2.75, 3.05) is 9.80 Å². The van der Waals surface area contributed by atoms with Crippen LogP contribution in [0.3, 0.4) is 0 Å². The summed E-state index contributed by atoms with van der Waals surface area (Å²) in [6.07, 6.45) is 0. The minimum Gasteiger partial charge on any atom is -0.456 e. The number of furan rings is 1. The lowest BCUT2D eigenvalue weighted by molar-refractivity contribution is 0.589. The molecule has 3 nitrogen and oxygen atoms in total. The van der Waals surface area contributed by atoms with Gasteiger partial charge in [-0.05, 0) is 138 Å². The molecule has 0 fully saturated rings. The van der Waals surface area contributed by atoms with Crippen molar-refractivity contribution in [1.82, 2.24) is 0 Å². The Morgan fingerprint density at radius 3 is 1.41 bits per heavy atom. The molecule has 5 heteroatoms. The lowest BCUT2D eigenvalue weighted by Gasteiger charge is -2.44. The van der Waals surface area contributed by atoms with Crippen LogP contribution in [0.2, 0.25) is 0 Å². The van der Waals surface area contributed by atoms with Gasteiger partial charge < -0.3 is 14.2 Å². The monoisotopic (exact) mass is 999 g/mol. The van der Waals surface area contributed by atoms with Crippen molar-refractivity contribution in [1.29, 1.82) is 0 Å². The standard InChI is InChI=1S/C70H71BN2OS/c1-66(2,3)44-27-23-42(24-28-44)51-39-46(68(7,8)9)32-36-54(51)72-56-20-18-21-57-62(56)71(53-35-31-48(41-58(53)72)70(13,14)15)65-63(50-34-38-60-61(64(50)75-65)49-19-16-17-22-59(49)74-60)73(57)55-37-33-47(69(10,11)12)40-52(55)43-25-29-45(30-26-43)67(4,5)6/h16-41H,1-15H3. The quantitative estimate of drug-likeness (QED) is 0.164. The molecule has 8 aromatic carbocycles. The van der Waals surface area contributed by atoms with Gasteiger partial charge in [-0.3, -0.25) is 0 Å². The zero-order valence-corrected chi connectivity index (χ0v) is 47.6. The van der Waals surface area contributed by atoms with Gasteiger partial charge in [0.1, 0.15) is 11.2 Å². The number of thiophene rings is 1. The van der Waals surface area contributed by atoms with E-state index in [9.17, 15) is 0 Å². The molecule has 2 aromatic heterocycles. The Bertz CT molecular complexity index is 3910. The van der Waals surface area contributed by atoms with Gasteiger partial charge in [0, 0.05) is 53.8 Å². The molecular formula is C70H71BN2OS. The van der Waals surface area contributed by atoms with E-state index in [0.717, 1.165) is 16.6 Å². The van der Waals surface area contributed by atoms with Gasteiger partial charge in [-0.25, -0.2) is 0 Å². The Kier molecular flexibility index (Phi) is 11.0. The largest absolute Gasteiger partial charge is 0.456 e. The Balaban J connectivity index is 1.20. The normalized spacial score (nSPS) is 14.0. The molecule has 75 heavy (non-hydrogen) atoms. The van der Waals surface area contributed by atoms with Gasteiger partial charge in [0.15, 0.2) is 0 Å². The number of hydrogen-bond donors (Lipinski definition) is 0. The van der Waals surface area contributed by atoms with Crippen LogP contribution in [0.4, 0.5) is 34.1 Å². The number of anilines is 6. The summed E-state index contributed by atoms with van der Waals surface area (Å²) in [4.78, 5) is 5.28. The summed E-state index contributed by atoms with van der Waals surface area (Å²) < 4.78 is 9.27. The zero-order valence-electron chi connectivity index (χ0n) is 46.8. The van der Waals surface area contributed by atoms with E-state index in [4.69, 9.17) is 4.42 Å². The first-order chi connectivity index (χ1) is 35.4. The summed E-state index contributed by atoms with van der Waals surface area (Å²) in [7, 11) is 0. The van der Waals surface area contributed by atoms with Gasteiger partial charge in [0.2, 0.25) is 0 Å². The van der Waals surface area contributed by atoms with Crippen LogP contribution in [-0.2, 0) is 27.1 Å². The lowest BCUT2D eigenvalue weighted by Crippen LogP contribution is -2.60. The number of para-hydroxylation sites is 1. The maximum Gasteiger partial charge on any atom is 0.264 e. The predicted molar refractivity (Wildman–Crippen MR) is 327 cm³/mol. The molecule has 0 bridgehead atoms. The molecule has 0 saturated heterocycles. The highest BCUT2D eigenvalue weighted by atomic mass is 32.1. The molecule has 0 radical (unpaired) electrons. The average Bonchev–Trinajstić information content (AvgIpc) is 4.00. The minimum absolute atomic E-state index is 0.0330. The van der Waals surface area contributed by atoms with Gasteiger partial charge in [-0.2, -0.15) is 0 Å². The molecule has 0 N–H and O–H groups in total. The fraction of sp³-hybridized carbons (Fsp3) is 0.286. The molecular weight excluding hydrogens is 928 g/mol. The van der Waals surface area contributed by atoms with Gasteiger partial charge in [0.25, 0.3) is 6.71 Å². The van der Waals surface area contributed by atoms with Crippen LogP contribution < -0.4 is 25.5 Å². The molecule has 0 aliphatic carbocycles. The summed E-state index contributed by atoms with van der Waals surface area (Å²) in [6, 6.07) is 60.9. The highest BCUT2D eigenvalue weighted by Crippen LogP contribution is 2.53. The van der Waals surface area contributed by atoms with Gasteiger partial charge in [-0.1, -0.05) is 201 Å². The minimum atomic E-state index is -0.0781. The second-order valence-corrected chi connectivity index (χ2v) is 27.7. The van der Waals surface area contributed by atoms with E-state index in [1.165, 1.54) is 115 Å². The van der Waals surface area contributed by atoms with Crippen molar-refractivity contribution in [3.63, 3.8) is 0 Å². The van der Waals surface area contributed by atoms with Crippen molar-refractivity contribution in [2.45, 2.75) is 131 Å². The van der Waals surface area contributed by atoms with E-state index in [0.29, 0.717) is 0 Å². The Labute approximate surface area is 450 Å². The SMILES string of the molecule is CC(C)(C)c1ccc(-c2cc(C(C)(C)C)ccc2N2c3cc(C(C)(C)C)ccc3B3c4sc5c(ccc6oc7ccccc7c65)c4N(c4ccc(C(C)(C)C)cc4-c4ccc(C(C)(C)C)cc4)c4cccc2c43)cc1. The number of hydrogen-bond acceptors (Lipinski definition) is 4. The van der Waals surface area contributed by atoms with E-state index >= 15 is 0 Å². The lowest BCUT2D eigenvalue weighted by atomic mass is 9.36. The topological polar surface area (TPSA) is 19.6 Å². The first kappa shape index (κ1) is 49.1. The van der Waals surface area contributed by atoms with E-state index in [2.05, 4.69) is 271 Å². The van der Waals surface area contributed by atoms with Gasteiger partial charge >= 0.3 is 0 Å². The van der Waals surface area contributed by atoms with Gasteiger partial charge in [0.05, 0.1) is 17.1 Å². The second-order valence-electron chi connectivity index (χ2n) is 26.7. The van der Waals surface area contributed by atoms with Crippen molar-refractivity contribution in [3.05, 3.63) is 186 Å². The van der Waals surface area contributed by atoms with Crippen LogP contribution >= 0.6 is 11.3 Å². The van der Waals surface area contributed by atoms with Crippen LogP contribution in [0, 0.1) is 0 Å². The molecule has 0 amide bonds. The smallest absolute Gasteiger partial charge is 0.264 e. The zero-order chi connectivity index (χ0) is 52.9. The van der Waals surface area contributed by atoms with Crippen LogP contribution in [0.15, 0.2) is 162 Å². The predicted octanol–water partition coefficient (Wildman–Crippen LogP) is 18.7. The molecule has 0 unspecified atom stereocenters. The molecule has 4 heterocycles. The van der Waals surface area contributed by atoms with Crippen LogP contribution in [0.1, 0.15) is 132 Å².